The lowest BCUT2D eigenvalue weighted by molar-refractivity contribution is 0.240. The number of hydrogen-bond acceptors (Lipinski definition) is 2. The molecule has 196 valence electrons. The number of nitrogens with one attached hydrogen (secondary N) is 2. The number of benzene rings is 1. The Kier molecular flexibility index (Phi) is 20.6. The van der Waals surface area contributed by atoms with Gasteiger partial charge < -0.3 is 15.7 Å². The summed E-state index contributed by atoms with van der Waals surface area (Å²) in [5, 5.41) is 15.2. The van der Waals surface area contributed by atoms with Gasteiger partial charge in [0.15, 0.2) is 0 Å². The molecule has 0 aliphatic heterocycles. The quantitative estimate of drug-likeness (QED) is 0.139. The van der Waals surface area contributed by atoms with E-state index in [-0.39, 0.29) is 6.03 Å². The first-order chi connectivity index (χ1) is 16.7. The van der Waals surface area contributed by atoms with Crippen molar-refractivity contribution in [1.29, 1.82) is 0 Å². The standard InChI is InChI=1S/C30H54N2O2/c1-2-3-4-5-6-7-8-9-10-11-12-13-14-15-16-17-18-19-26-31-30(34)32-27-20-21-28-22-24-29(33)25-23-28/h22-25,33H,2-21,26-27H2,1H3,(H2,31,32,34). The molecule has 0 radical (unpaired) electrons. The van der Waals surface area contributed by atoms with E-state index in [0.717, 1.165) is 25.8 Å². The van der Waals surface area contributed by atoms with Gasteiger partial charge in [-0.25, -0.2) is 4.79 Å². The van der Waals surface area contributed by atoms with Crippen molar-refractivity contribution in [2.24, 2.45) is 0 Å². The van der Waals surface area contributed by atoms with Crippen molar-refractivity contribution in [3.8, 4) is 5.75 Å². The summed E-state index contributed by atoms with van der Waals surface area (Å²) in [6.45, 7) is 3.73. The van der Waals surface area contributed by atoms with Crippen LogP contribution in [-0.2, 0) is 6.42 Å². The highest BCUT2D eigenvalue weighted by Gasteiger charge is 2.00. The highest BCUT2D eigenvalue weighted by molar-refractivity contribution is 5.73. The minimum Gasteiger partial charge on any atom is -0.508 e. The molecule has 4 heteroatoms. The van der Waals surface area contributed by atoms with Crippen LogP contribution in [0.3, 0.4) is 0 Å². The van der Waals surface area contributed by atoms with Gasteiger partial charge in [-0.3, -0.25) is 0 Å². The molecule has 0 heterocycles. The number of unbranched alkanes of at least 4 members (excludes halogenated alkanes) is 17. The van der Waals surface area contributed by atoms with Crippen molar-refractivity contribution in [1.82, 2.24) is 10.6 Å². The molecule has 0 aliphatic carbocycles. The van der Waals surface area contributed by atoms with Crippen LogP contribution in [0.25, 0.3) is 0 Å². The van der Waals surface area contributed by atoms with Crippen LogP contribution in [0.5, 0.6) is 5.75 Å². The Balaban J connectivity index is 1.73. The van der Waals surface area contributed by atoms with Gasteiger partial charge >= 0.3 is 6.03 Å². The molecule has 0 saturated heterocycles. The van der Waals surface area contributed by atoms with Gasteiger partial charge in [-0.15, -0.1) is 0 Å². The summed E-state index contributed by atoms with van der Waals surface area (Å²) < 4.78 is 0. The van der Waals surface area contributed by atoms with Crippen LogP contribution in [0.4, 0.5) is 4.79 Å². The zero-order valence-corrected chi connectivity index (χ0v) is 22.2. The molecule has 0 aliphatic rings. The molecule has 0 atom stereocenters. The van der Waals surface area contributed by atoms with E-state index in [2.05, 4.69) is 17.6 Å². The van der Waals surface area contributed by atoms with Gasteiger partial charge in [0, 0.05) is 13.1 Å². The predicted molar refractivity (Wildman–Crippen MR) is 147 cm³/mol. The molecular weight excluding hydrogens is 420 g/mol. The molecule has 0 bridgehead atoms. The van der Waals surface area contributed by atoms with Gasteiger partial charge in [0.1, 0.15) is 5.75 Å². The molecule has 0 fully saturated rings. The number of phenols is 1. The number of urea groups is 1. The monoisotopic (exact) mass is 474 g/mol. The molecule has 0 aromatic heterocycles. The van der Waals surface area contributed by atoms with Crippen molar-refractivity contribution < 1.29 is 9.90 Å². The Labute approximate surface area is 210 Å². The van der Waals surface area contributed by atoms with Crippen molar-refractivity contribution in [2.45, 2.75) is 135 Å². The Hall–Kier alpha value is -1.71. The molecule has 0 spiro atoms. The number of aryl methyl sites for hydroxylation is 1. The Morgan fingerprint density at radius 1 is 0.588 bits per heavy atom. The van der Waals surface area contributed by atoms with E-state index in [1.54, 1.807) is 12.1 Å². The SMILES string of the molecule is CCCCCCCCCCCCCCCCCCCCNC(=O)NCCCc1ccc(O)cc1. The fourth-order valence-electron chi connectivity index (χ4n) is 4.45. The predicted octanol–water partition coefficient (Wildman–Crippen LogP) is 8.67. The van der Waals surface area contributed by atoms with Gasteiger partial charge in [0.25, 0.3) is 0 Å². The summed E-state index contributed by atoms with van der Waals surface area (Å²) in [5.41, 5.74) is 1.18. The number of hydrogen-bond donors (Lipinski definition) is 3. The van der Waals surface area contributed by atoms with Crippen LogP contribution >= 0.6 is 0 Å². The second kappa shape index (κ2) is 23.1. The fraction of sp³-hybridized carbons (Fsp3) is 0.767. The van der Waals surface area contributed by atoms with E-state index in [1.807, 2.05) is 12.1 Å². The number of carbonyl (C=O) groups excluding carboxylic acids is 1. The lowest BCUT2D eigenvalue weighted by Crippen LogP contribution is -2.36. The molecule has 2 amide bonds. The summed E-state index contributed by atoms with van der Waals surface area (Å²) in [5.74, 6) is 0.292. The van der Waals surface area contributed by atoms with Crippen LogP contribution in [0, 0.1) is 0 Å². The fourth-order valence-corrected chi connectivity index (χ4v) is 4.45. The zero-order chi connectivity index (χ0) is 24.5. The van der Waals surface area contributed by atoms with E-state index in [1.165, 1.54) is 115 Å². The van der Waals surface area contributed by atoms with E-state index in [0.29, 0.717) is 12.3 Å². The number of aromatic hydroxyl groups is 1. The summed E-state index contributed by atoms with van der Waals surface area (Å²) in [4.78, 5) is 11.8. The zero-order valence-electron chi connectivity index (χ0n) is 22.2. The number of amides is 2. The van der Waals surface area contributed by atoms with Crippen molar-refractivity contribution in [2.75, 3.05) is 13.1 Å². The minimum atomic E-state index is -0.0577. The Bertz CT molecular complexity index is 574. The van der Waals surface area contributed by atoms with Gasteiger partial charge in [-0.1, -0.05) is 128 Å². The first-order valence-corrected chi connectivity index (χ1v) is 14.5. The molecular formula is C30H54N2O2. The smallest absolute Gasteiger partial charge is 0.314 e. The molecule has 0 saturated carbocycles. The highest BCUT2D eigenvalue weighted by Crippen LogP contribution is 2.14. The second-order valence-corrected chi connectivity index (χ2v) is 9.96. The lowest BCUT2D eigenvalue weighted by atomic mass is 10.0. The third kappa shape index (κ3) is 19.7. The topological polar surface area (TPSA) is 61.4 Å². The lowest BCUT2D eigenvalue weighted by Gasteiger charge is -2.08. The van der Waals surface area contributed by atoms with Crippen LogP contribution < -0.4 is 10.6 Å². The molecule has 1 aromatic rings. The van der Waals surface area contributed by atoms with Crippen LogP contribution in [-0.4, -0.2) is 24.2 Å². The average molecular weight is 475 g/mol. The van der Waals surface area contributed by atoms with E-state index in [9.17, 15) is 9.90 Å². The van der Waals surface area contributed by atoms with Gasteiger partial charge in [-0.2, -0.15) is 0 Å². The van der Waals surface area contributed by atoms with E-state index >= 15 is 0 Å². The number of carbonyl (C=O) groups is 1. The first kappa shape index (κ1) is 30.3. The third-order valence-corrected chi connectivity index (χ3v) is 6.68. The second-order valence-electron chi connectivity index (χ2n) is 9.96. The molecule has 1 rings (SSSR count). The van der Waals surface area contributed by atoms with Crippen molar-refractivity contribution in [3.63, 3.8) is 0 Å². The van der Waals surface area contributed by atoms with Crippen molar-refractivity contribution >= 4 is 6.03 Å². The molecule has 1 aromatic carbocycles. The highest BCUT2D eigenvalue weighted by atomic mass is 16.3. The Morgan fingerprint density at radius 3 is 1.41 bits per heavy atom. The van der Waals surface area contributed by atoms with Crippen molar-refractivity contribution in [3.05, 3.63) is 29.8 Å². The Morgan fingerprint density at radius 2 is 0.971 bits per heavy atom. The summed E-state index contributed by atoms with van der Waals surface area (Å²) in [6.07, 6.45) is 26.6. The third-order valence-electron chi connectivity index (χ3n) is 6.68. The van der Waals surface area contributed by atoms with Gasteiger partial charge in [0.2, 0.25) is 0 Å². The number of phenolic OH excluding ortho intramolecular Hbond substituents is 1. The molecule has 0 unspecified atom stereocenters. The number of rotatable bonds is 23. The maximum absolute atomic E-state index is 11.8. The first-order valence-electron chi connectivity index (χ1n) is 14.5. The maximum atomic E-state index is 11.8. The van der Waals surface area contributed by atoms with E-state index < -0.39 is 0 Å². The van der Waals surface area contributed by atoms with Gasteiger partial charge in [0.05, 0.1) is 0 Å². The molecule has 3 N–H and O–H groups in total. The normalized spacial score (nSPS) is 11.0. The van der Waals surface area contributed by atoms with Crippen LogP contribution in [0.1, 0.15) is 134 Å². The van der Waals surface area contributed by atoms with Crippen LogP contribution in [0.15, 0.2) is 24.3 Å². The maximum Gasteiger partial charge on any atom is 0.314 e. The van der Waals surface area contributed by atoms with Crippen LogP contribution in [0.2, 0.25) is 0 Å². The largest absolute Gasteiger partial charge is 0.508 e. The average Bonchev–Trinajstić information content (AvgIpc) is 2.84. The van der Waals surface area contributed by atoms with E-state index in [4.69, 9.17) is 0 Å². The minimum absolute atomic E-state index is 0.0577. The summed E-state index contributed by atoms with van der Waals surface area (Å²) in [7, 11) is 0. The summed E-state index contributed by atoms with van der Waals surface area (Å²) >= 11 is 0. The van der Waals surface area contributed by atoms with Gasteiger partial charge in [-0.05, 0) is 37.0 Å². The summed E-state index contributed by atoms with van der Waals surface area (Å²) in [6, 6.07) is 7.20. The molecule has 4 nitrogen and oxygen atoms in total. The molecule has 34 heavy (non-hydrogen) atoms.